The van der Waals surface area contributed by atoms with Crippen molar-refractivity contribution < 1.29 is 25.2 Å². The molecule has 0 atom stereocenters. The minimum atomic E-state index is 0. The molecule has 0 saturated carbocycles. The first kappa shape index (κ1) is 30.3. The van der Waals surface area contributed by atoms with Crippen molar-refractivity contribution in [2.75, 3.05) is 0 Å². The quantitative estimate of drug-likeness (QED) is 0.131. The van der Waals surface area contributed by atoms with Gasteiger partial charge in [-0.05, 0) is 72.8 Å². The molecular weight excluding hydrogens is 703 g/mol. The van der Waals surface area contributed by atoms with Gasteiger partial charge in [0.2, 0.25) is 0 Å². The number of pyridine rings is 1. The Morgan fingerprint density at radius 3 is 2.35 bits per heavy atom. The molecule has 5 aromatic carbocycles. The van der Waals surface area contributed by atoms with Gasteiger partial charge in [-0.15, -0.1) is 47.1 Å². The van der Waals surface area contributed by atoms with Gasteiger partial charge in [0.15, 0.2) is 0 Å². The summed E-state index contributed by atoms with van der Waals surface area (Å²) in [6.07, 6.45) is 5.80. The second-order valence-electron chi connectivity index (χ2n) is 12.0. The maximum atomic E-state index is 6.44. The molecule has 0 aliphatic rings. The smallest absolute Gasteiger partial charge is 0.509 e. The first-order valence-electron chi connectivity index (χ1n) is 15.6. The van der Waals surface area contributed by atoms with Crippen molar-refractivity contribution in [3.63, 3.8) is 0 Å². The predicted octanol–water partition coefficient (Wildman–Crippen LogP) is 10.7. The van der Waals surface area contributed by atoms with Crippen LogP contribution in [-0.2, 0) is 20.4 Å². The van der Waals surface area contributed by atoms with Gasteiger partial charge in [-0.25, -0.2) is 4.98 Å². The van der Waals surface area contributed by atoms with Gasteiger partial charge in [0.25, 0.3) is 0 Å². The van der Waals surface area contributed by atoms with Gasteiger partial charge in [0, 0.05) is 49.6 Å². The number of rotatable bonds is 5. The monoisotopic (exact) mass is 730 g/mol. The van der Waals surface area contributed by atoms with Crippen LogP contribution in [0.2, 0.25) is 0 Å². The minimum Gasteiger partial charge on any atom is -0.509 e. The van der Waals surface area contributed by atoms with Gasteiger partial charge in [-0.1, -0.05) is 53.5 Å². The zero-order chi connectivity index (χ0) is 31.6. The molecule has 4 aromatic heterocycles. The normalized spacial score (nSPS) is 11.5. The first-order chi connectivity index (χ1) is 23.0. The molecule has 5 nitrogen and oxygen atoms in total. The summed E-state index contributed by atoms with van der Waals surface area (Å²) >= 11 is 1.82. The van der Waals surface area contributed by atoms with E-state index in [-0.39, 0.29) is 20.4 Å². The van der Waals surface area contributed by atoms with E-state index in [0.29, 0.717) is 11.5 Å². The number of hydrogen-bond acceptors (Lipinski definition) is 4. The van der Waals surface area contributed by atoms with Crippen molar-refractivity contribution in [2.45, 2.75) is 20.8 Å². The number of hydrogen-bond donors (Lipinski definition) is 0. The van der Waals surface area contributed by atoms with Crippen molar-refractivity contribution in [2.24, 2.45) is 0 Å². The number of ether oxygens (including phenoxy) is 1. The number of benzene rings is 5. The molecule has 48 heavy (non-hydrogen) atoms. The summed E-state index contributed by atoms with van der Waals surface area (Å²) in [5.41, 5.74) is 8.88. The van der Waals surface area contributed by atoms with Crippen LogP contribution >= 0.6 is 11.3 Å². The Kier molecular flexibility index (Phi) is 7.49. The van der Waals surface area contributed by atoms with E-state index in [1.165, 1.54) is 42.4 Å². The number of aromatic nitrogens is 4. The Balaban J connectivity index is 0.00000336. The molecule has 4 heterocycles. The minimum absolute atomic E-state index is 0. The Hall–Kier alpha value is -5.06. The summed E-state index contributed by atoms with van der Waals surface area (Å²) in [4.78, 5) is 4.78. The molecule has 7 heteroatoms. The number of thiophene rings is 1. The van der Waals surface area contributed by atoms with E-state index in [1.54, 1.807) is 0 Å². The van der Waals surface area contributed by atoms with E-state index in [1.807, 2.05) is 70.9 Å². The number of aryl methyl sites for hydroxylation is 3. The largest absolute Gasteiger partial charge is 2.00 e. The molecule has 0 spiro atoms. The van der Waals surface area contributed by atoms with Crippen molar-refractivity contribution in [3.8, 4) is 34.1 Å². The molecule has 0 aliphatic carbocycles. The van der Waals surface area contributed by atoms with E-state index in [2.05, 4.69) is 103 Å². The van der Waals surface area contributed by atoms with Gasteiger partial charge in [0.1, 0.15) is 5.82 Å². The maximum absolute atomic E-state index is 6.44. The number of nitrogens with zero attached hydrogens (tertiary/aromatic N) is 4. The summed E-state index contributed by atoms with van der Waals surface area (Å²) in [7, 11) is 0. The Bertz CT molecular complexity index is 2630. The van der Waals surface area contributed by atoms with Gasteiger partial charge < -0.3 is 9.30 Å². The molecule has 234 valence electrons. The third-order valence-electron chi connectivity index (χ3n) is 8.80. The Morgan fingerprint density at radius 1 is 0.729 bits per heavy atom. The summed E-state index contributed by atoms with van der Waals surface area (Å²) in [6, 6.07) is 40.5. The standard InChI is InChI=1S/C41H28N4OS.Pd/c1-25-19-26(2)39(27(3)20-25)28-23-43-44(24-28)29-9-8-10-30(21-29)46-31-14-15-32-33-16-17-37-40(34-11-4-5-12-36(34)47-37)41(33)45(35(32)22-31)38-13-6-7-18-42-38;/h4-20,23-24H,1-3H3;/q-2;+2. The topological polar surface area (TPSA) is 44.9 Å². The van der Waals surface area contributed by atoms with Crippen molar-refractivity contribution in [1.29, 1.82) is 0 Å². The molecule has 0 bridgehead atoms. The summed E-state index contributed by atoms with van der Waals surface area (Å²) in [6.45, 7) is 6.43. The third-order valence-corrected chi connectivity index (χ3v) is 9.93. The second kappa shape index (κ2) is 11.9. The van der Waals surface area contributed by atoms with Gasteiger partial charge in [0.05, 0.1) is 11.7 Å². The maximum Gasteiger partial charge on any atom is 2.00 e. The number of fused-ring (bicyclic) bond motifs is 7. The van der Waals surface area contributed by atoms with Crippen LogP contribution in [0.25, 0.3) is 64.6 Å². The average Bonchev–Trinajstić information content (AvgIpc) is 3.79. The molecule has 0 radical (unpaired) electrons. The van der Waals surface area contributed by atoms with Gasteiger partial charge in [-0.2, -0.15) is 17.2 Å². The molecule has 0 amide bonds. The Morgan fingerprint density at radius 2 is 1.52 bits per heavy atom. The fraction of sp³-hybridized carbons (Fsp3) is 0.0732. The van der Waals surface area contributed by atoms with Gasteiger partial charge >= 0.3 is 20.4 Å². The van der Waals surface area contributed by atoms with E-state index < -0.39 is 0 Å². The molecule has 0 N–H and O–H groups in total. The third kappa shape index (κ3) is 4.94. The zero-order valence-corrected chi connectivity index (χ0v) is 28.8. The van der Waals surface area contributed by atoms with Crippen molar-refractivity contribution >= 4 is 53.3 Å². The molecule has 0 fully saturated rings. The fourth-order valence-electron chi connectivity index (χ4n) is 6.96. The second-order valence-corrected chi connectivity index (χ2v) is 13.1. The molecule has 9 aromatic rings. The van der Waals surface area contributed by atoms with Crippen LogP contribution < -0.4 is 4.74 Å². The van der Waals surface area contributed by atoms with E-state index in [4.69, 9.17) is 9.72 Å². The van der Waals surface area contributed by atoms with Crippen molar-refractivity contribution in [1.82, 2.24) is 19.3 Å². The molecule has 0 unspecified atom stereocenters. The first-order valence-corrected chi connectivity index (χ1v) is 16.4. The van der Waals surface area contributed by atoms with Gasteiger partial charge in [-0.3, -0.25) is 4.68 Å². The van der Waals surface area contributed by atoms with E-state index in [9.17, 15) is 0 Å². The van der Waals surface area contributed by atoms with Crippen LogP contribution in [0, 0.1) is 32.9 Å². The Labute approximate surface area is 295 Å². The molecular formula is C41H28N4OPdS. The van der Waals surface area contributed by atoms with Crippen LogP contribution in [0.3, 0.4) is 0 Å². The average molecular weight is 731 g/mol. The van der Waals surface area contributed by atoms with Crippen LogP contribution in [0.5, 0.6) is 11.5 Å². The van der Waals surface area contributed by atoms with Crippen LogP contribution in [0.15, 0.2) is 116 Å². The van der Waals surface area contributed by atoms with E-state index >= 15 is 0 Å². The summed E-state index contributed by atoms with van der Waals surface area (Å²) in [5, 5.41) is 9.41. The summed E-state index contributed by atoms with van der Waals surface area (Å²) in [5.74, 6) is 2.03. The molecule has 9 rings (SSSR count). The molecule has 0 aliphatic heterocycles. The predicted molar refractivity (Wildman–Crippen MR) is 192 cm³/mol. The van der Waals surface area contributed by atoms with Crippen molar-refractivity contribution in [3.05, 3.63) is 144 Å². The van der Waals surface area contributed by atoms with E-state index in [0.717, 1.165) is 38.9 Å². The molecule has 0 saturated heterocycles. The van der Waals surface area contributed by atoms with Crippen LogP contribution in [0.1, 0.15) is 16.7 Å². The van der Waals surface area contributed by atoms with Crippen LogP contribution in [0.4, 0.5) is 0 Å². The summed E-state index contributed by atoms with van der Waals surface area (Å²) < 4.78 is 13.0. The zero-order valence-electron chi connectivity index (χ0n) is 26.4. The van der Waals surface area contributed by atoms with Crippen LogP contribution in [-0.4, -0.2) is 19.3 Å². The SMILES string of the molecule is Cc1cc(C)c(-c2cnn(-c3[c-]c(Oc4[c-]c5c(cc4)c4ccc6sc7ccccc7c6c4n5-c4ccccn4)ccc3)c2)c(C)c1.[Pd+2]. The fourth-order valence-corrected chi connectivity index (χ4v) is 8.07.